The summed E-state index contributed by atoms with van der Waals surface area (Å²) in [5.41, 5.74) is 7.86. The third-order valence-electron chi connectivity index (χ3n) is 4.13. The van der Waals surface area contributed by atoms with Gasteiger partial charge in [0.2, 0.25) is 11.8 Å². The minimum atomic E-state index is -0.362. The van der Waals surface area contributed by atoms with Crippen LogP contribution < -0.4 is 10.9 Å². The van der Waals surface area contributed by atoms with Crippen LogP contribution in [0.4, 0.5) is 0 Å². The minimum Gasteiger partial charge on any atom is -0.273 e. The van der Waals surface area contributed by atoms with Gasteiger partial charge in [-0.3, -0.25) is 9.59 Å². The zero-order chi connectivity index (χ0) is 19.2. The van der Waals surface area contributed by atoms with Crippen LogP contribution in [-0.2, 0) is 9.59 Å². The molecule has 1 aliphatic rings. The molecule has 6 nitrogen and oxygen atoms in total. The molecule has 0 radical (unpaired) electrons. The van der Waals surface area contributed by atoms with Crippen molar-refractivity contribution < 1.29 is 9.59 Å². The normalized spacial score (nSPS) is 18.6. The van der Waals surface area contributed by atoms with Crippen molar-refractivity contribution >= 4 is 40.2 Å². The fourth-order valence-corrected chi connectivity index (χ4v) is 3.04. The number of carbonyl (C=O) groups is 2. The molecular formula is C20H19BrN4O2. The second-order valence-electron chi connectivity index (χ2n) is 6.39. The Morgan fingerprint density at radius 3 is 2.07 bits per heavy atom. The molecule has 2 atom stereocenters. The zero-order valence-electron chi connectivity index (χ0n) is 14.7. The van der Waals surface area contributed by atoms with Crippen LogP contribution in [-0.4, -0.2) is 24.2 Å². The Labute approximate surface area is 165 Å². The van der Waals surface area contributed by atoms with Crippen LogP contribution in [0.2, 0.25) is 0 Å². The van der Waals surface area contributed by atoms with Crippen LogP contribution in [0.3, 0.4) is 0 Å². The molecule has 0 spiro atoms. The van der Waals surface area contributed by atoms with Gasteiger partial charge >= 0.3 is 0 Å². The van der Waals surface area contributed by atoms with Crippen molar-refractivity contribution in [1.29, 1.82) is 0 Å². The lowest BCUT2D eigenvalue weighted by Crippen LogP contribution is -2.25. The number of carbonyl (C=O) groups excluding carboxylic acids is 2. The van der Waals surface area contributed by atoms with Crippen LogP contribution in [0.25, 0.3) is 0 Å². The van der Waals surface area contributed by atoms with Crippen LogP contribution in [0.15, 0.2) is 63.2 Å². The molecular weight excluding hydrogens is 408 g/mol. The first-order valence-electron chi connectivity index (χ1n) is 8.51. The maximum absolute atomic E-state index is 12.1. The lowest BCUT2D eigenvalue weighted by atomic mass is 10.2. The summed E-state index contributed by atoms with van der Waals surface area (Å²) in [6.07, 6.45) is 3.65. The number of aryl methyl sites for hydroxylation is 1. The summed E-state index contributed by atoms with van der Waals surface area (Å²) >= 11 is 3.37. The van der Waals surface area contributed by atoms with Crippen molar-refractivity contribution in [2.75, 3.05) is 0 Å². The van der Waals surface area contributed by atoms with E-state index in [1.165, 1.54) is 0 Å². The summed E-state index contributed by atoms with van der Waals surface area (Å²) < 4.78 is 0.933. The lowest BCUT2D eigenvalue weighted by Gasteiger charge is -2.00. The van der Waals surface area contributed by atoms with Gasteiger partial charge in [0.05, 0.1) is 24.3 Å². The first-order valence-corrected chi connectivity index (χ1v) is 9.30. The minimum absolute atomic E-state index is 0.255. The number of amides is 2. The molecule has 0 bridgehead atoms. The molecule has 0 aliphatic heterocycles. The Morgan fingerprint density at radius 2 is 1.52 bits per heavy atom. The van der Waals surface area contributed by atoms with E-state index in [0.717, 1.165) is 21.2 Å². The molecule has 27 heavy (non-hydrogen) atoms. The number of nitrogens with one attached hydrogen (secondary N) is 2. The topological polar surface area (TPSA) is 82.9 Å². The van der Waals surface area contributed by atoms with Gasteiger partial charge in [-0.05, 0) is 36.6 Å². The number of nitrogens with zero attached hydrogens (tertiary/aromatic N) is 2. The van der Waals surface area contributed by atoms with Crippen molar-refractivity contribution in [3.05, 3.63) is 69.7 Å². The van der Waals surface area contributed by atoms with Gasteiger partial charge in [-0.2, -0.15) is 10.2 Å². The van der Waals surface area contributed by atoms with Crippen LogP contribution in [0, 0.1) is 18.8 Å². The quantitative estimate of drug-likeness (QED) is 0.549. The highest BCUT2D eigenvalue weighted by molar-refractivity contribution is 9.10. The first kappa shape index (κ1) is 19.0. The Kier molecular flexibility index (Phi) is 6.13. The Bertz CT molecular complexity index is 837. The molecule has 1 saturated carbocycles. The van der Waals surface area contributed by atoms with Gasteiger partial charge in [0.1, 0.15) is 0 Å². The third-order valence-corrected chi connectivity index (χ3v) is 4.62. The number of halogens is 1. The van der Waals surface area contributed by atoms with E-state index in [1.807, 2.05) is 55.5 Å². The molecule has 0 aromatic heterocycles. The lowest BCUT2D eigenvalue weighted by molar-refractivity contribution is -0.127. The van der Waals surface area contributed by atoms with Crippen molar-refractivity contribution in [2.24, 2.45) is 22.0 Å². The monoisotopic (exact) mass is 426 g/mol. The average Bonchev–Trinajstić information content (AvgIpc) is 3.43. The first-order chi connectivity index (χ1) is 13.0. The highest BCUT2D eigenvalue weighted by atomic mass is 79.9. The maximum Gasteiger partial charge on any atom is 0.244 e. The molecule has 2 unspecified atom stereocenters. The largest absolute Gasteiger partial charge is 0.273 e. The van der Waals surface area contributed by atoms with Crippen molar-refractivity contribution in [2.45, 2.75) is 13.3 Å². The van der Waals surface area contributed by atoms with Crippen LogP contribution in [0.1, 0.15) is 23.1 Å². The summed E-state index contributed by atoms with van der Waals surface area (Å²) in [4.78, 5) is 24.1. The molecule has 2 aromatic rings. The predicted molar refractivity (Wildman–Crippen MR) is 108 cm³/mol. The molecule has 3 rings (SSSR count). The average molecular weight is 427 g/mol. The molecule has 138 valence electrons. The summed E-state index contributed by atoms with van der Waals surface area (Å²) in [5.74, 6) is -1.24. The molecule has 0 heterocycles. The summed E-state index contributed by atoms with van der Waals surface area (Å²) in [5, 5.41) is 7.90. The van der Waals surface area contributed by atoms with Crippen molar-refractivity contribution in [3.63, 3.8) is 0 Å². The highest BCUT2D eigenvalue weighted by Gasteiger charge is 2.48. The van der Waals surface area contributed by atoms with Crippen LogP contribution >= 0.6 is 15.9 Å². The summed E-state index contributed by atoms with van der Waals surface area (Å²) in [7, 11) is 0. The molecule has 2 amide bonds. The maximum atomic E-state index is 12.1. The van der Waals surface area contributed by atoms with Gasteiger partial charge in [-0.1, -0.05) is 57.9 Å². The number of hydrazone groups is 2. The second-order valence-corrected chi connectivity index (χ2v) is 7.30. The fraction of sp³-hybridized carbons (Fsp3) is 0.200. The van der Waals surface area contributed by atoms with Crippen molar-refractivity contribution in [3.8, 4) is 0 Å². The number of hydrogen-bond donors (Lipinski definition) is 2. The number of benzene rings is 2. The number of rotatable bonds is 6. The molecule has 0 saturated heterocycles. The highest BCUT2D eigenvalue weighted by Crippen LogP contribution is 2.38. The van der Waals surface area contributed by atoms with Gasteiger partial charge in [-0.15, -0.1) is 0 Å². The van der Waals surface area contributed by atoms with E-state index in [0.29, 0.717) is 6.42 Å². The van der Waals surface area contributed by atoms with E-state index >= 15 is 0 Å². The third kappa shape index (κ3) is 5.59. The van der Waals surface area contributed by atoms with Crippen LogP contribution in [0.5, 0.6) is 0 Å². The molecule has 1 fully saturated rings. The Hall–Kier alpha value is -2.80. The molecule has 7 heteroatoms. The van der Waals surface area contributed by atoms with Gasteiger partial charge in [0.25, 0.3) is 0 Å². The van der Waals surface area contributed by atoms with Crippen molar-refractivity contribution in [1.82, 2.24) is 10.9 Å². The second kappa shape index (κ2) is 8.73. The number of hydrogen-bond acceptors (Lipinski definition) is 4. The van der Waals surface area contributed by atoms with Gasteiger partial charge in [0, 0.05) is 4.47 Å². The SMILES string of the molecule is Cc1cccc(/C=N\NC(=O)C2CC2C(=O)N/N=C\c2cccc(Br)c2)c1. The fourth-order valence-electron chi connectivity index (χ4n) is 2.62. The van der Waals surface area contributed by atoms with E-state index in [1.54, 1.807) is 12.4 Å². The Balaban J connectivity index is 1.44. The Morgan fingerprint density at radius 1 is 0.963 bits per heavy atom. The smallest absolute Gasteiger partial charge is 0.244 e. The zero-order valence-corrected chi connectivity index (χ0v) is 16.3. The van der Waals surface area contributed by atoms with Gasteiger partial charge in [0.15, 0.2) is 0 Å². The standard InChI is InChI=1S/C20H19BrN4O2/c1-13-4-2-5-14(8-13)11-22-24-19(26)17-10-18(17)20(27)25-23-12-15-6-3-7-16(21)9-15/h2-9,11-12,17-18H,10H2,1H3,(H,24,26)(H,25,27)/b22-11-,23-12-. The summed E-state index contributed by atoms with van der Waals surface area (Å²) in [6, 6.07) is 15.3. The van der Waals surface area contributed by atoms with E-state index in [-0.39, 0.29) is 23.7 Å². The van der Waals surface area contributed by atoms with E-state index < -0.39 is 0 Å². The van der Waals surface area contributed by atoms with E-state index in [2.05, 4.69) is 37.0 Å². The van der Waals surface area contributed by atoms with E-state index in [4.69, 9.17) is 0 Å². The molecule has 2 aromatic carbocycles. The summed E-state index contributed by atoms with van der Waals surface area (Å²) in [6.45, 7) is 1.99. The molecule has 2 N–H and O–H groups in total. The van der Waals surface area contributed by atoms with Gasteiger partial charge in [-0.25, -0.2) is 10.9 Å². The van der Waals surface area contributed by atoms with E-state index in [9.17, 15) is 9.59 Å². The van der Waals surface area contributed by atoms with Gasteiger partial charge < -0.3 is 0 Å². The predicted octanol–water partition coefficient (Wildman–Crippen LogP) is 2.99. The molecule has 1 aliphatic carbocycles.